The fraction of sp³-hybridized carbons (Fsp3) is 0.744. The van der Waals surface area contributed by atoms with Crippen molar-refractivity contribution in [1.29, 1.82) is 0 Å². The Morgan fingerprint density at radius 1 is 0.679 bits per heavy atom. The van der Waals surface area contributed by atoms with Gasteiger partial charge in [0.05, 0.1) is 25.6 Å². The van der Waals surface area contributed by atoms with E-state index in [1.807, 2.05) is 42.5 Å². The molecule has 0 fully saturated rings. The molecule has 3 unspecified atom stereocenters. The lowest BCUT2D eigenvalue weighted by atomic mass is 10.0. The van der Waals surface area contributed by atoms with Gasteiger partial charge in [0.25, 0.3) is 0 Å². The molecule has 0 saturated carbocycles. The van der Waals surface area contributed by atoms with Crippen LogP contribution >= 0.6 is 7.82 Å². The van der Waals surface area contributed by atoms with Gasteiger partial charge in [0, 0.05) is 13.0 Å². The molecule has 0 radical (unpaired) electrons. The summed E-state index contributed by atoms with van der Waals surface area (Å²) in [6, 6.07) is 0. The third-order valence-electron chi connectivity index (χ3n) is 8.58. The standard InChI is InChI=1S/C43H78NO8P/c1-3-5-7-9-11-12-13-14-15-16-17-18-21-24-28-32-37-49-39-42(40-51-53(47,48)50-38-36-44)52-43(46)35-31-27-23-20-19-22-26-30-34-41(45)33-29-25-10-8-6-4-2/h20,22-23,25-26,29-30,32,34,37,41-42,45H,3-19,21,24,27-28,31,33,35-36,38-40,44H2,1-2H3,(H,47,48)/b23-20-,26-22-,29-25-,34-30+,37-32-. The number of allylic oxidation sites excluding steroid dienone is 7. The predicted octanol–water partition coefficient (Wildman–Crippen LogP) is 11.5. The van der Waals surface area contributed by atoms with Crippen LogP contribution in [-0.4, -0.2) is 54.5 Å². The van der Waals surface area contributed by atoms with Crippen molar-refractivity contribution in [2.45, 2.75) is 180 Å². The Hall–Kier alpha value is -2.00. The van der Waals surface area contributed by atoms with Crippen molar-refractivity contribution in [3.8, 4) is 0 Å². The van der Waals surface area contributed by atoms with Gasteiger partial charge in [-0.05, 0) is 57.4 Å². The Morgan fingerprint density at radius 3 is 1.91 bits per heavy atom. The number of hydrogen-bond donors (Lipinski definition) is 3. The molecular weight excluding hydrogens is 689 g/mol. The highest BCUT2D eigenvalue weighted by Crippen LogP contribution is 2.43. The number of ether oxygens (including phenoxy) is 2. The lowest BCUT2D eigenvalue weighted by Crippen LogP contribution is -2.27. The maximum Gasteiger partial charge on any atom is 0.472 e. The molecule has 0 aliphatic heterocycles. The number of hydrogen-bond acceptors (Lipinski definition) is 8. The zero-order chi connectivity index (χ0) is 38.9. The van der Waals surface area contributed by atoms with Crippen LogP contribution in [0.15, 0.2) is 60.9 Å². The molecule has 308 valence electrons. The number of unbranched alkanes of at least 4 members (excludes halogenated alkanes) is 18. The minimum Gasteiger partial charge on any atom is -0.498 e. The van der Waals surface area contributed by atoms with Crippen molar-refractivity contribution < 1.29 is 37.9 Å². The van der Waals surface area contributed by atoms with Crippen LogP contribution < -0.4 is 5.73 Å². The molecule has 0 spiro atoms. The molecule has 0 aromatic heterocycles. The zero-order valence-electron chi connectivity index (χ0n) is 33.6. The molecule has 0 bridgehead atoms. The van der Waals surface area contributed by atoms with Gasteiger partial charge in [-0.2, -0.15) is 0 Å². The first-order valence-corrected chi connectivity index (χ1v) is 22.4. The smallest absolute Gasteiger partial charge is 0.472 e. The minimum absolute atomic E-state index is 0.00860. The molecule has 53 heavy (non-hydrogen) atoms. The lowest BCUT2D eigenvalue weighted by Gasteiger charge is -2.19. The van der Waals surface area contributed by atoms with Gasteiger partial charge in [-0.25, -0.2) is 4.57 Å². The largest absolute Gasteiger partial charge is 0.498 e. The number of rotatable bonds is 39. The SMILES string of the molecule is CCCCC/C=C\CC(O)/C=C/C=C\C/C=C\CCCC(=O)OC(CO/C=C\CCCCCCCCCCCCCCCC)COP(=O)(O)OCCN. The summed E-state index contributed by atoms with van der Waals surface area (Å²) < 4.78 is 33.0. The Kier molecular flexibility index (Phi) is 38.2. The third-order valence-corrected chi connectivity index (χ3v) is 9.57. The van der Waals surface area contributed by atoms with Crippen LogP contribution in [0, 0.1) is 0 Å². The number of carbonyl (C=O) groups is 1. The van der Waals surface area contributed by atoms with Gasteiger partial charge in [-0.3, -0.25) is 13.8 Å². The summed E-state index contributed by atoms with van der Waals surface area (Å²) in [6.07, 6.45) is 45.0. The molecule has 0 saturated heterocycles. The Bertz CT molecular complexity index is 1010. The number of phosphoric ester groups is 1. The summed E-state index contributed by atoms with van der Waals surface area (Å²) in [5, 5.41) is 10.0. The van der Waals surface area contributed by atoms with E-state index in [0.717, 1.165) is 25.7 Å². The van der Waals surface area contributed by atoms with Crippen LogP contribution in [0.5, 0.6) is 0 Å². The van der Waals surface area contributed by atoms with Crippen LogP contribution in [0.1, 0.15) is 168 Å². The van der Waals surface area contributed by atoms with E-state index >= 15 is 0 Å². The number of aliphatic hydroxyl groups excluding tert-OH is 1. The first kappa shape index (κ1) is 51.0. The van der Waals surface area contributed by atoms with Crippen molar-refractivity contribution >= 4 is 13.8 Å². The van der Waals surface area contributed by atoms with Gasteiger partial charge in [0.2, 0.25) is 0 Å². The van der Waals surface area contributed by atoms with Crippen molar-refractivity contribution in [2.75, 3.05) is 26.4 Å². The Balaban J connectivity index is 4.28. The maximum absolute atomic E-state index is 12.5. The summed E-state index contributed by atoms with van der Waals surface area (Å²) >= 11 is 0. The first-order valence-electron chi connectivity index (χ1n) is 20.9. The van der Waals surface area contributed by atoms with Crippen LogP contribution in [0.3, 0.4) is 0 Å². The molecule has 0 aromatic carbocycles. The van der Waals surface area contributed by atoms with E-state index in [-0.39, 0.29) is 32.8 Å². The van der Waals surface area contributed by atoms with Gasteiger partial charge in [0.1, 0.15) is 6.61 Å². The average Bonchev–Trinajstić information content (AvgIpc) is 3.14. The maximum atomic E-state index is 12.5. The molecule has 0 amide bonds. The number of aliphatic hydroxyl groups is 1. The second kappa shape index (κ2) is 39.7. The molecular formula is C43H78NO8P. The number of nitrogens with two attached hydrogens (primary N) is 1. The van der Waals surface area contributed by atoms with Crippen molar-refractivity contribution in [2.24, 2.45) is 5.73 Å². The normalized spacial score (nSPS) is 14.7. The Labute approximate surface area is 324 Å². The summed E-state index contributed by atoms with van der Waals surface area (Å²) in [6.45, 7) is 4.05. The van der Waals surface area contributed by atoms with Gasteiger partial charge >= 0.3 is 13.8 Å². The molecule has 0 aliphatic rings. The van der Waals surface area contributed by atoms with Gasteiger partial charge in [-0.1, -0.05) is 159 Å². The van der Waals surface area contributed by atoms with Crippen molar-refractivity contribution in [3.63, 3.8) is 0 Å². The molecule has 3 atom stereocenters. The molecule has 0 heterocycles. The monoisotopic (exact) mass is 768 g/mol. The van der Waals surface area contributed by atoms with Crippen LogP contribution in [0.25, 0.3) is 0 Å². The summed E-state index contributed by atoms with van der Waals surface area (Å²) in [5.41, 5.74) is 5.35. The number of esters is 1. The van der Waals surface area contributed by atoms with Gasteiger partial charge in [0.15, 0.2) is 6.10 Å². The summed E-state index contributed by atoms with van der Waals surface area (Å²) in [5.74, 6) is -0.433. The molecule has 9 nitrogen and oxygen atoms in total. The van der Waals surface area contributed by atoms with Crippen LogP contribution in [0.2, 0.25) is 0 Å². The highest BCUT2D eigenvalue weighted by molar-refractivity contribution is 7.47. The van der Waals surface area contributed by atoms with Crippen LogP contribution in [-0.2, 0) is 27.9 Å². The molecule has 0 rings (SSSR count). The van der Waals surface area contributed by atoms with E-state index < -0.39 is 26.0 Å². The van der Waals surface area contributed by atoms with Crippen molar-refractivity contribution in [3.05, 3.63) is 60.9 Å². The fourth-order valence-corrected chi connectivity index (χ4v) is 6.22. The van der Waals surface area contributed by atoms with E-state index in [4.69, 9.17) is 24.3 Å². The molecule has 4 N–H and O–H groups in total. The summed E-state index contributed by atoms with van der Waals surface area (Å²) in [7, 11) is -4.32. The average molecular weight is 768 g/mol. The quantitative estimate of drug-likeness (QED) is 0.0139. The van der Waals surface area contributed by atoms with E-state index in [9.17, 15) is 19.4 Å². The zero-order valence-corrected chi connectivity index (χ0v) is 34.5. The predicted molar refractivity (Wildman–Crippen MR) is 220 cm³/mol. The highest BCUT2D eigenvalue weighted by atomic mass is 31.2. The van der Waals surface area contributed by atoms with E-state index in [1.165, 1.54) is 103 Å². The minimum atomic E-state index is -4.32. The van der Waals surface area contributed by atoms with E-state index in [2.05, 4.69) is 19.9 Å². The summed E-state index contributed by atoms with van der Waals surface area (Å²) in [4.78, 5) is 22.4. The molecule has 0 aliphatic carbocycles. The lowest BCUT2D eigenvalue weighted by molar-refractivity contribution is -0.153. The van der Waals surface area contributed by atoms with Crippen LogP contribution in [0.4, 0.5) is 0 Å². The van der Waals surface area contributed by atoms with E-state index in [1.54, 1.807) is 12.3 Å². The van der Waals surface area contributed by atoms with Gasteiger partial charge < -0.3 is 25.2 Å². The second-order valence-corrected chi connectivity index (χ2v) is 15.2. The first-order chi connectivity index (χ1) is 25.8. The van der Waals surface area contributed by atoms with Gasteiger partial charge in [-0.15, -0.1) is 0 Å². The van der Waals surface area contributed by atoms with E-state index in [0.29, 0.717) is 19.3 Å². The topological polar surface area (TPSA) is 138 Å². The highest BCUT2D eigenvalue weighted by Gasteiger charge is 2.25. The fourth-order valence-electron chi connectivity index (χ4n) is 5.45. The Morgan fingerprint density at radius 2 is 1.25 bits per heavy atom. The second-order valence-electron chi connectivity index (χ2n) is 13.8. The number of phosphoric acid groups is 1. The third kappa shape index (κ3) is 39.5. The molecule has 0 aromatic rings. The molecule has 10 heteroatoms. The number of carbonyl (C=O) groups excluding carboxylic acids is 1. The van der Waals surface area contributed by atoms with Crippen molar-refractivity contribution in [1.82, 2.24) is 0 Å².